The Hall–Kier alpha value is -3.11. The largest absolute Gasteiger partial charge is 0.311 e. The summed E-state index contributed by atoms with van der Waals surface area (Å²) in [6.07, 6.45) is 0.285. The molecule has 1 heterocycles. The molecule has 1 aromatic heterocycles. The van der Waals surface area contributed by atoms with Crippen LogP contribution in [0.5, 0.6) is 0 Å². The van der Waals surface area contributed by atoms with E-state index in [2.05, 4.69) is 29.3 Å². The molecular formula is C23H25N5OS. The van der Waals surface area contributed by atoms with Crippen LogP contribution in [0.2, 0.25) is 0 Å². The molecule has 6 nitrogen and oxygen atoms in total. The monoisotopic (exact) mass is 419 g/mol. The van der Waals surface area contributed by atoms with Crippen molar-refractivity contribution < 1.29 is 4.79 Å². The number of carbonyl (C=O) groups is 1. The number of amides is 1. The van der Waals surface area contributed by atoms with Crippen molar-refractivity contribution in [2.24, 2.45) is 0 Å². The Kier molecular flexibility index (Phi) is 7.26. The summed E-state index contributed by atoms with van der Waals surface area (Å²) in [6, 6.07) is 18.0. The van der Waals surface area contributed by atoms with Gasteiger partial charge in [0.05, 0.1) is 18.2 Å². The van der Waals surface area contributed by atoms with Gasteiger partial charge in [0, 0.05) is 24.3 Å². The van der Waals surface area contributed by atoms with E-state index in [9.17, 15) is 4.79 Å². The third kappa shape index (κ3) is 4.89. The molecular weight excluding hydrogens is 394 g/mol. The van der Waals surface area contributed by atoms with E-state index in [1.165, 1.54) is 11.8 Å². The van der Waals surface area contributed by atoms with Gasteiger partial charge in [-0.25, -0.2) is 0 Å². The van der Waals surface area contributed by atoms with Crippen LogP contribution in [0, 0.1) is 25.2 Å². The second-order valence-corrected chi connectivity index (χ2v) is 7.89. The molecule has 0 bridgehead atoms. The molecule has 0 atom stereocenters. The maximum atomic E-state index is 13.0. The van der Waals surface area contributed by atoms with Crippen LogP contribution in [0.1, 0.15) is 24.5 Å². The minimum Gasteiger partial charge on any atom is -0.311 e. The van der Waals surface area contributed by atoms with E-state index in [0.717, 1.165) is 28.2 Å². The first kappa shape index (κ1) is 21.6. The number of nitrogens with zero attached hydrogens (tertiary/aromatic N) is 5. The molecule has 0 saturated heterocycles. The van der Waals surface area contributed by atoms with Gasteiger partial charge >= 0.3 is 0 Å². The van der Waals surface area contributed by atoms with Gasteiger partial charge in [0.2, 0.25) is 5.91 Å². The molecule has 0 N–H and O–H groups in total. The van der Waals surface area contributed by atoms with Crippen LogP contribution in [0.25, 0.3) is 11.4 Å². The van der Waals surface area contributed by atoms with Gasteiger partial charge < -0.3 is 9.47 Å². The molecule has 0 saturated carbocycles. The Morgan fingerprint density at radius 1 is 1.13 bits per heavy atom. The topological polar surface area (TPSA) is 74.8 Å². The number of hydrogen-bond acceptors (Lipinski definition) is 5. The van der Waals surface area contributed by atoms with Crippen LogP contribution >= 0.6 is 11.8 Å². The predicted molar refractivity (Wildman–Crippen MR) is 120 cm³/mol. The number of anilines is 1. The van der Waals surface area contributed by atoms with Crippen molar-refractivity contribution in [3.63, 3.8) is 0 Å². The second-order valence-electron chi connectivity index (χ2n) is 6.94. The number of aryl methyl sites for hydroxylation is 2. The Morgan fingerprint density at radius 2 is 1.87 bits per heavy atom. The number of aromatic nitrogens is 3. The zero-order valence-electron chi connectivity index (χ0n) is 17.5. The zero-order chi connectivity index (χ0) is 21.5. The number of rotatable bonds is 8. The summed E-state index contributed by atoms with van der Waals surface area (Å²) in [5, 5.41) is 18.4. The van der Waals surface area contributed by atoms with Crippen LogP contribution in [-0.2, 0) is 11.3 Å². The molecule has 0 spiro atoms. The van der Waals surface area contributed by atoms with Crippen molar-refractivity contribution in [2.45, 2.75) is 38.9 Å². The zero-order valence-corrected chi connectivity index (χ0v) is 18.3. The van der Waals surface area contributed by atoms with Crippen LogP contribution < -0.4 is 4.90 Å². The molecule has 0 unspecified atom stereocenters. The van der Waals surface area contributed by atoms with Crippen molar-refractivity contribution in [3.8, 4) is 17.5 Å². The lowest BCUT2D eigenvalue weighted by molar-refractivity contribution is -0.116. The second kappa shape index (κ2) is 10.1. The van der Waals surface area contributed by atoms with Gasteiger partial charge in [-0.1, -0.05) is 53.7 Å². The lowest BCUT2D eigenvalue weighted by Gasteiger charge is -2.22. The van der Waals surface area contributed by atoms with Gasteiger partial charge in [0.15, 0.2) is 11.0 Å². The van der Waals surface area contributed by atoms with Gasteiger partial charge in [-0.3, -0.25) is 4.79 Å². The summed E-state index contributed by atoms with van der Waals surface area (Å²) < 4.78 is 2.03. The molecule has 0 aliphatic heterocycles. The van der Waals surface area contributed by atoms with E-state index < -0.39 is 0 Å². The Morgan fingerprint density at radius 3 is 2.53 bits per heavy atom. The number of carbonyl (C=O) groups excluding carboxylic acids is 1. The first-order valence-corrected chi connectivity index (χ1v) is 10.9. The third-order valence-corrected chi connectivity index (χ3v) is 5.79. The fraction of sp³-hybridized carbons (Fsp3) is 0.304. The van der Waals surface area contributed by atoms with Crippen LogP contribution in [0.3, 0.4) is 0 Å². The highest BCUT2D eigenvalue weighted by atomic mass is 32.2. The fourth-order valence-corrected chi connectivity index (χ4v) is 4.07. The summed E-state index contributed by atoms with van der Waals surface area (Å²) in [4.78, 5) is 14.6. The van der Waals surface area contributed by atoms with Crippen molar-refractivity contribution in [2.75, 3.05) is 17.2 Å². The van der Waals surface area contributed by atoms with E-state index >= 15 is 0 Å². The number of nitriles is 1. The summed E-state index contributed by atoms with van der Waals surface area (Å²) in [5.41, 5.74) is 4.11. The quantitative estimate of drug-likeness (QED) is 0.498. The maximum Gasteiger partial charge on any atom is 0.237 e. The SMILES string of the molecule is CCn1c(SCC(=O)N(CCC#N)c2ccc(C)cc2)nnc1-c1ccccc1C. The Labute approximate surface area is 181 Å². The molecule has 30 heavy (non-hydrogen) atoms. The third-order valence-electron chi connectivity index (χ3n) is 4.84. The normalized spacial score (nSPS) is 10.6. The molecule has 0 aliphatic carbocycles. The molecule has 3 aromatic rings. The summed E-state index contributed by atoms with van der Waals surface area (Å²) in [5.74, 6) is 0.984. The van der Waals surface area contributed by atoms with Crippen molar-refractivity contribution in [3.05, 3.63) is 59.7 Å². The molecule has 154 valence electrons. The highest BCUT2D eigenvalue weighted by Gasteiger charge is 2.19. The first-order chi connectivity index (χ1) is 14.5. The smallest absolute Gasteiger partial charge is 0.237 e. The van der Waals surface area contributed by atoms with Gasteiger partial charge in [0.1, 0.15) is 0 Å². The lowest BCUT2D eigenvalue weighted by atomic mass is 10.1. The Balaban J connectivity index is 1.78. The first-order valence-electron chi connectivity index (χ1n) is 9.91. The van der Waals surface area contributed by atoms with Crippen molar-refractivity contribution >= 4 is 23.4 Å². The fourth-order valence-electron chi connectivity index (χ4n) is 3.19. The molecule has 7 heteroatoms. The average molecular weight is 420 g/mol. The van der Waals surface area contributed by atoms with Gasteiger partial charge in [-0.05, 0) is 38.5 Å². The predicted octanol–water partition coefficient (Wildman–Crippen LogP) is 4.62. The van der Waals surface area contributed by atoms with Crippen LogP contribution in [-0.4, -0.2) is 33.0 Å². The van der Waals surface area contributed by atoms with Crippen LogP contribution in [0.4, 0.5) is 5.69 Å². The average Bonchev–Trinajstić information content (AvgIpc) is 3.16. The Bertz CT molecular complexity index is 1050. The van der Waals surface area contributed by atoms with Gasteiger partial charge in [0.25, 0.3) is 0 Å². The van der Waals surface area contributed by atoms with Crippen molar-refractivity contribution in [1.82, 2.24) is 14.8 Å². The molecule has 0 aliphatic rings. The van der Waals surface area contributed by atoms with Gasteiger partial charge in [-0.15, -0.1) is 10.2 Å². The maximum absolute atomic E-state index is 13.0. The van der Waals surface area contributed by atoms with E-state index in [4.69, 9.17) is 5.26 Å². The lowest BCUT2D eigenvalue weighted by Crippen LogP contribution is -2.33. The molecule has 1 amide bonds. The summed E-state index contributed by atoms with van der Waals surface area (Å²) in [6.45, 7) is 7.18. The number of hydrogen-bond donors (Lipinski definition) is 0. The highest BCUT2D eigenvalue weighted by molar-refractivity contribution is 7.99. The molecule has 2 aromatic carbocycles. The molecule has 3 rings (SSSR count). The van der Waals surface area contributed by atoms with Crippen LogP contribution in [0.15, 0.2) is 53.7 Å². The van der Waals surface area contributed by atoms with E-state index in [-0.39, 0.29) is 18.1 Å². The summed E-state index contributed by atoms with van der Waals surface area (Å²) in [7, 11) is 0. The molecule has 0 fully saturated rings. The minimum atomic E-state index is -0.0535. The highest BCUT2D eigenvalue weighted by Crippen LogP contribution is 2.27. The van der Waals surface area contributed by atoms with Crippen molar-refractivity contribution in [1.29, 1.82) is 5.26 Å². The van der Waals surface area contributed by atoms with Gasteiger partial charge in [-0.2, -0.15) is 5.26 Å². The van der Waals surface area contributed by atoms with E-state index in [0.29, 0.717) is 18.2 Å². The number of benzene rings is 2. The number of thioether (sulfide) groups is 1. The standard InChI is InChI=1S/C23H25N5OS/c1-4-27-22(20-9-6-5-8-18(20)3)25-26-23(27)30-16-21(29)28(15-7-14-24)19-12-10-17(2)11-13-19/h5-6,8-13H,4,7,15-16H2,1-3H3. The minimum absolute atomic E-state index is 0.0535. The van der Waals surface area contributed by atoms with E-state index in [1.807, 2.05) is 60.9 Å². The van der Waals surface area contributed by atoms with E-state index in [1.54, 1.807) is 4.90 Å². The summed E-state index contributed by atoms with van der Waals surface area (Å²) >= 11 is 1.38. The molecule has 0 radical (unpaired) electrons.